The van der Waals surface area contributed by atoms with Crippen LogP contribution in [0, 0.1) is 6.92 Å². The molecule has 0 bridgehead atoms. The molecule has 4 heterocycles. The molecular formula is C36H35N7O4. The summed E-state index contributed by atoms with van der Waals surface area (Å²) in [6, 6.07) is 10.4. The number of amides is 1. The van der Waals surface area contributed by atoms with Crippen LogP contribution in [-0.4, -0.2) is 58.5 Å². The number of hydrogen-bond acceptors (Lipinski definition) is 8. The number of benzene rings is 2. The van der Waals surface area contributed by atoms with Gasteiger partial charge < -0.3 is 14.6 Å². The molecule has 0 radical (unpaired) electrons. The van der Waals surface area contributed by atoms with Gasteiger partial charge in [-0.1, -0.05) is 0 Å². The van der Waals surface area contributed by atoms with E-state index in [-0.39, 0.29) is 12.2 Å². The number of fused-ring (bicyclic) bond motifs is 2. The molecule has 0 saturated heterocycles. The van der Waals surface area contributed by atoms with Gasteiger partial charge in [0.05, 0.1) is 24.2 Å². The molecule has 2 aliphatic rings. The predicted molar refractivity (Wildman–Crippen MR) is 179 cm³/mol. The minimum absolute atomic E-state index is 0.0688. The molecule has 11 nitrogen and oxygen atoms in total. The Morgan fingerprint density at radius 1 is 0.851 bits per heavy atom. The molecule has 0 unspecified atom stereocenters. The number of anilines is 1. The van der Waals surface area contributed by atoms with Crippen LogP contribution in [0.2, 0.25) is 0 Å². The van der Waals surface area contributed by atoms with Crippen molar-refractivity contribution in [3.8, 4) is 39.1 Å². The molecule has 238 valence electrons. The Balaban J connectivity index is 1.34. The van der Waals surface area contributed by atoms with Crippen LogP contribution in [0.3, 0.4) is 0 Å². The van der Waals surface area contributed by atoms with Gasteiger partial charge in [0.2, 0.25) is 0 Å². The number of pyridine rings is 2. The smallest absolute Gasteiger partial charge is 0.413 e. The number of ether oxygens (including phenoxy) is 2. The van der Waals surface area contributed by atoms with E-state index in [1.165, 1.54) is 0 Å². The van der Waals surface area contributed by atoms with Crippen LogP contribution in [-0.2, 0) is 18.8 Å². The number of aromatic nitrogens is 6. The lowest BCUT2D eigenvalue weighted by atomic mass is 9.89. The lowest BCUT2D eigenvalue weighted by molar-refractivity contribution is -0.0105. The normalized spacial score (nSPS) is 18.2. The van der Waals surface area contributed by atoms with Crippen molar-refractivity contribution in [3.63, 3.8) is 0 Å². The van der Waals surface area contributed by atoms with Crippen molar-refractivity contribution in [3.05, 3.63) is 73.2 Å². The second-order valence-corrected chi connectivity index (χ2v) is 13.1. The maximum absolute atomic E-state index is 12.7. The fraction of sp³-hybridized carbons (Fsp3) is 0.306. The number of aliphatic hydroxyl groups excluding tert-OH is 1. The maximum Gasteiger partial charge on any atom is 0.413 e. The van der Waals surface area contributed by atoms with Crippen molar-refractivity contribution in [1.29, 1.82) is 0 Å². The highest BCUT2D eigenvalue weighted by Crippen LogP contribution is 2.44. The van der Waals surface area contributed by atoms with Crippen LogP contribution in [0.25, 0.3) is 54.9 Å². The summed E-state index contributed by atoms with van der Waals surface area (Å²) in [7, 11) is 3.80. The van der Waals surface area contributed by atoms with E-state index >= 15 is 0 Å². The van der Waals surface area contributed by atoms with E-state index in [2.05, 4.69) is 44.8 Å². The lowest BCUT2D eigenvalue weighted by Crippen LogP contribution is -2.37. The number of carbonyl (C=O) groups is 1. The third-order valence-electron chi connectivity index (χ3n) is 9.22. The van der Waals surface area contributed by atoms with Crippen molar-refractivity contribution in [2.75, 3.05) is 5.32 Å². The number of nitrogens with one attached hydrogen (secondary N) is 1. The lowest BCUT2D eigenvalue weighted by Gasteiger charge is -2.32. The summed E-state index contributed by atoms with van der Waals surface area (Å²) in [6.07, 6.45) is 13.4. The first-order valence-electron chi connectivity index (χ1n) is 15.8. The van der Waals surface area contributed by atoms with E-state index in [1.54, 1.807) is 15.6 Å². The zero-order valence-electron chi connectivity index (χ0n) is 26.7. The van der Waals surface area contributed by atoms with Gasteiger partial charge in [0.25, 0.3) is 0 Å². The molecule has 6 aromatic rings. The monoisotopic (exact) mass is 629 g/mol. The first-order chi connectivity index (χ1) is 22.6. The Labute approximate surface area is 271 Å². The summed E-state index contributed by atoms with van der Waals surface area (Å²) in [4.78, 5) is 22.1. The van der Waals surface area contributed by atoms with Crippen molar-refractivity contribution in [1.82, 2.24) is 29.5 Å². The third-order valence-corrected chi connectivity index (χ3v) is 9.22. The number of rotatable bonds is 7. The average molecular weight is 630 g/mol. The minimum Gasteiger partial charge on any atom is -0.488 e. The minimum atomic E-state index is -0.511. The number of aliphatic hydroxyl groups is 1. The van der Waals surface area contributed by atoms with Crippen molar-refractivity contribution in [2.45, 2.75) is 57.3 Å². The molecule has 2 aliphatic carbocycles. The van der Waals surface area contributed by atoms with E-state index in [9.17, 15) is 9.90 Å². The highest BCUT2D eigenvalue weighted by atomic mass is 16.6. The molecule has 11 heteroatoms. The van der Waals surface area contributed by atoms with E-state index < -0.39 is 11.7 Å². The standard InChI is InChI=1S/C36H35N7O4/c1-20-34(46-27-12-26(44)13-27)30-10-22(25-15-40-43(4)19-25)9-29(32(30)17-37-20)28-8-21(24-14-39-42(3)18-24)7-23-11-33(38-16-31(23)28)41-35(45)47-36(2)5-6-36/h7-11,14-19,26-27,44H,5-6,12-13H2,1-4H3,(H,38,41,45)/t26-,27-. The molecule has 0 spiro atoms. The largest absolute Gasteiger partial charge is 0.488 e. The van der Waals surface area contributed by atoms with Crippen LogP contribution in [0.1, 0.15) is 38.3 Å². The van der Waals surface area contributed by atoms with Gasteiger partial charge in [-0.3, -0.25) is 19.7 Å². The van der Waals surface area contributed by atoms with E-state index in [0.717, 1.165) is 73.5 Å². The van der Waals surface area contributed by atoms with Crippen LogP contribution >= 0.6 is 0 Å². The van der Waals surface area contributed by atoms with Gasteiger partial charge in [0.1, 0.15) is 23.3 Å². The van der Waals surface area contributed by atoms with Crippen LogP contribution in [0.15, 0.2) is 67.5 Å². The SMILES string of the molecule is Cc1ncc2c(-c3cc(-c4cnn(C)c4)cc4cc(NC(=O)OC5(C)CC5)ncc34)cc(-c3cnn(C)c3)cc2c1O[C@H]1C[C@H](O)C1. The summed E-state index contributed by atoms with van der Waals surface area (Å²) in [5.41, 5.74) is 6.15. The van der Waals surface area contributed by atoms with Crippen LogP contribution < -0.4 is 10.1 Å². The number of aryl methyl sites for hydroxylation is 3. The molecule has 1 amide bonds. The summed E-state index contributed by atoms with van der Waals surface area (Å²) in [6.45, 7) is 3.88. The first-order valence-corrected chi connectivity index (χ1v) is 15.8. The van der Waals surface area contributed by atoms with E-state index in [0.29, 0.717) is 24.4 Å². The second kappa shape index (κ2) is 10.9. The molecule has 8 rings (SSSR count). The molecule has 2 aromatic carbocycles. The number of carbonyl (C=O) groups excluding carboxylic acids is 1. The van der Waals surface area contributed by atoms with Gasteiger partial charge >= 0.3 is 6.09 Å². The van der Waals surface area contributed by atoms with Crippen LogP contribution in [0.4, 0.5) is 10.6 Å². The predicted octanol–water partition coefficient (Wildman–Crippen LogP) is 6.56. The fourth-order valence-electron chi connectivity index (χ4n) is 6.22. The van der Waals surface area contributed by atoms with Crippen LogP contribution in [0.5, 0.6) is 5.75 Å². The third kappa shape index (κ3) is 5.56. The number of nitrogens with zero attached hydrogens (tertiary/aromatic N) is 6. The molecular weight excluding hydrogens is 594 g/mol. The van der Waals surface area contributed by atoms with E-state index in [4.69, 9.17) is 14.5 Å². The summed E-state index contributed by atoms with van der Waals surface area (Å²) in [5.74, 6) is 1.12. The highest BCUT2D eigenvalue weighted by Gasteiger charge is 2.41. The summed E-state index contributed by atoms with van der Waals surface area (Å²) >= 11 is 0. The Kier molecular flexibility index (Phi) is 6.76. The molecule has 2 saturated carbocycles. The van der Waals surface area contributed by atoms with Gasteiger partial charge in [0.15, 0.2) is 0 Å². The van der Waals surface area contributed by atoms with Gasteiger partial charge in [-0.15, -0.1) is 0 Å². The highest BCUT2D eigenvalue weighted by molar-refractivity contribution is 6.10. The topological polar surface area (TPSA) is 129 Å². The molecule has 0 atom stereocenters. The summed E-state index contributed by atoms with van der Waals surface area (Å²) < 4.78 is 15.7. The van der Waals surface area contributed by atoms with Crippen molar-refractivity contribution >= 4 is 33.5 Å². The van der Waals surface area contributed by atoms with Gasteiger partial charge in [-0.05, 0) is 84.7 Å². The van der Waals surface area contributed by atoms with Gasteiger partial charge in [-0.25, -0.2) is 9.78 Å². The molecule has 0 aliphatic heterocycles. The second-order valence-electron chi connectivity index (χ2n) is 13.1. The Hall–Kier alpha value is -5.29. The molecule has 2 fully saturated rings. The summed E-state index contributed by atoms with van der Waals surface area (Å²) in [5, 5.41) is 25.3. The molecule has 4 aromatic heterocycles. The van der Waals surface area contributed by atoms with Gasteiger partial charge in [0, 0.05) is 79.0 Å². The Bertz CT molecular complexity index is 2190. The molecule has 2 N–H and O–H groups in total. The first kappa shape index (κ1) is 29.1. The Morgan fingerprint density at radius 3 is 2.11 bits per heavy atom. The average Bonchev–Trinajstić information content (AvgIpc) is 3.36. The van der Waals surface area contributed by atoms with E-state index in [1.807, 2.05) is 65.0 Å². The molecule has 47 heavy (non-hydrogen) atoms. The Morgan fingerprint density at radius 2 is 1.49 bits per heavy atom. The van der Waals surface area contributed by atoms with Crippen molar-refractivity contribution < 1.29 is 19.4 Å². The fourth-order valence-corrected chi connectivity index (χ4v) is 6.22. The van der Waals surface area contributed by atoms with Crippen molar-refractivity contribution in [2.24, 2.45) is 14.1 Å². The zero-order chi connectivity index (χ0) is 32.4. The zero-order valence-corrected chi connectivity index (χ0v) is 26.7. The quantitative estimate of drug-likeness (QED) is 0.203. The number of hydrogen-bond donors (Lipinski definition) is 2. The van der Waals surface area contributed by atoms with Gasteiger partial charge in [-0.2, -0.15) is 10.2 Å². The maximum atomic E-state index is 12.7.